The van der Waals surface area contributed by atoms with Crippen molar-refractivity contribution in [2.75, 3.05) is 0 Å². The molecule has 0 saturated carbocycles. The van der Waals surface area contributed by atoms with Crippen LogP contribution in [0.2, 0.25) is 0 Å². The number of hydrogen-bond acceptors (Lipinski definition) is 0. The van der Waals surface area contributed by atoms with Gasteiger partial charge in [-0.15, -0.1) is 0 Å². The third-order valence-corrected chi connectivity index (χ3v) is 10.7. The minimum Gasteiger partial charge on any atom is -0.364 e. The third kappa shape index (κ3) is 7.15. The molecule has 0 unspecified atom stereocenters. The molecule has 10 aromatic rings. The number of rotatable bonds is 12. The molecule has 0 aliphatic rings. The van der Waals surface area contributed by atoms with E-state index in [0.717, 1.165) is 0 Å². The molecule has 276 valence electrons. The van der Waals surface area contributed by atoms with Gasteiger partial charge in [0.2, 0.25) is 0 Å². The van der Waals surface area contributed by atoms with Gasteiger partial charge in [-0.25, -0.2) is 0 Å². The first kappa shape index (κ1) is 34.4. The van der Waals surface area contributed by atoms with Crippen LogP contribution in [0.3, 0.4) is 0 Å². The molecule has 0 aliphatic heterocycles. The zero-order chi connectivity index (χ0) is 37.5. The second-order valence-corrected chi connectivity index (χ2v) is 14.1. The second kappa shape index (κ2) is 16.0. The van der Waals surface area contributed by atoms with Gasteiger partial charge in [0, 0.05) is 95.1 Å². The number of nitrogens with one attached hydrogen (secondary N) is 8. The van der Waals surface area contributed by atoms with Crippen LogP contribution in [-0.2, 0) is 0 Å². The molecule has 0 amide bonds. The van der Waals surface area contributed by atoms with Crippen molar-refractivity contribution < 1.29 is 0 Å². The largest absolute Gasteiger partial charge is 0.364 e. The van der Waals surface area contributed by atoms with Gasteiger partial charge in [-0.3, -0.25) is 0 Å². The third-order valence-electron chi connectivity index (χ3n) is 10.7. The van der Waals surface area contributed by atoms with E-state index >= 15 is 0 Å². The summed E-state index contributed by atoms with van der Waals surface area (Å²) in [7, 11) is 0. The van der Waals surface area contributed by atoms with Crippen molar-refractivity contribution in [3.8, 4) is 0 Å². The van der Waals surface area contributed by atoms with Crippen molar-refractivity contribution in [1.29, 1.82) is 0 Å². The van der Waals surface area contributed by atoms with Gasteiger partial charge in [0.05, 0.1) is 23.7 Å². The van der Waals surface area contributed by atoms with E-state index in [1.54, 1.807) is 0 Å². The Morgan fingerprint density at radius 2 is 0.339 bits per heavy atom. The van der Waals surface area contributed by atoms with Crippen LogP contribution in [0.1, 0.15) is 91.5 Å². The van der Waals surface area contributed by atoms with E-state index in [4.69, 9.17) is 0 Å². The van der Waals surface area contributed by atoms with E-state index in [1.165, 1.54) is 67.8 Å². The van der Waals surface area contributed by atoms with Gasteiger partial charge in [-0.1, -0.05) is 48.5 Å². The van der Waals surface area contributed by atoms with Crippen molar-refractivity contribution in [3.63, 3.8) is 0 Å². The van der Waals surface area contributed by atoms with Gasteiger partial charge in [0.15, 0.2) is 0 Å². The molecule has 8 aromatic heterocycles. The normalized spacial score (nSPS) is 11.5. The van der Waals surface area contributed by atoms with Crippen LogP contribution in [-0.4, -0.2) is 39.9 Å². The fourth-order valence-electron chi connectivity index (χ4n) is 8.06. The Labute approximate surface area is 325 Å². The van der Waals surface area contributed by atoms with E-state index in [0.29, 0.717) is 0 Å². The van der Waals surface area contributed by atoms with E-state index < -0.39 is 0 Å². The van der Waals surface area contributed by atoms with Crippen molar-refractivity contribution >= 4 is 0 Å². The van der Waals surface area contributed by atoms with E-state index in [1.807, 2.05) is 98.1 Å². The van der Waals surface area contributed by atoms with Crippen molar-refractivity contribution in [2.45, 2.75) is 23.7 Å². The number of H-pyrrole nitrogens is 8. The van der Waals surface area contributed by atoms with Crippen LogP contribution in [0.25, 0.3) is 0 Å². The molecular formula is C48H44N8. The first-order valence-corrected chi connectivity index (χ1v) is 19.1. The summed E-state index contributed by atoms with van der Waals surface area (Å²) in [4.78, 5) is 27.0. The summed E-state index contributed by atoms with van der Waals surface area (Å²) in [6.07, 6.45) is 15.8. The number of aromatic amines is 8. The lowest BCUT2D eigenvalue weighted by atomic mass is 9.88. The first-order chi connectivity index (χ1) is 27.8. The lowest BCUT2D eigenvalue weighted by Gasteiger charge is -2.19. The molecule has 0 bridgehead atoms. The highest BCUT2D eigenvalue weighted by Crippen LogP contribution is 2.36. The highest BCUT2D eigenvalue weighted by atomic mass is 14.8. The highest BCUT2D eigenvalue weighted by Gasteiger charge is 2.23. The van der Waals surface area contributed by atoms with Crippen molar-refractivity contribution in [3.05, 3.63) is 263 Å². The molecule has 10 rings (SSSR count). The number of hydrogen-bond donors (Lipinski definition) is 8. The molecule has 0 spiro atoms. The summed E-state index contributed by atoms with van der Waals surface area (Å²) in [5, 5.41) is 0. The maximum Gasteiger partial charge on any atom is 0.0641 e. The summed E-state index contributed by atoms with van der Waals surface area (Å²) in [5.74, 6) is 0.643. The average molecular weight is 733 g/mol. The molecule has 8 heterocycles. The number of aromatic nitrogens is 8. The van der Waals surface area contributed by atoms with Crippen LogP contribution >= 0.6 is 0 Å². The Balaban J connectivity index is 0.000000146. The Kier molecular flexibility index (Phi) is 9.82. The zero-order valence-corrected chi connectivity index (χ0v) is 30.8. The van der Waals surface area contributed by atoms with Gasteiger partial charge in [-0.2, -0.15) is 0 Å². The fraction of sp³-hybridized carbons (Fsp3) is 0.0833. The lowest BCUT2D eigenvalue weighted by Crippen LogP contribution is -2.07. The smallest absolute Gasteiger partial charge is 0.0641 e. The van der Waals surface area contributed by atoms with E-state index in [2.05, 4.69) is 137 Å². The predicted octanol–water partition coefficient (Wildman–Crippen LogP) is 10.7. The monoisotopic (exact) mass is 732 g/mol. The summed E-state index contributed by atoms with van der Waals surface area (Å²) in [5.41, 5.74) is 14.5. The van der Waals surface area contributed by atoms with Crippen LogP contribution in [0.4, 0.5) is 0 Å². The maximum atomic E-state index is 3.38. The van der Waals surface area contributed by atoms with Gasteiger partial charge in [0.1, 0.15) is 0 Å². The molecule has 0 radical (unpaired) electrons. The average Bonchev–Trinajstić information content (AvgIpc) is 4.07. The van der Waals surface area contributed by atoms with E-state index in [9.17, 15) is 0 Å². The minimum atomic E-state index is 0.161. The highest BCUT2D eigenvalue weighted by molar-refractivity contribution is 5.45. The molecule has 0 fully saturated rings. The van der Waals surface area contributed by atoms with Gasteiger partial charge in [-0.05, 0) is 119 Å². The van der Waals surface area contributed by atoms with Crippen LogP contribution in [0, 0.1) is 0 Å². The topological polar surface area (TPSA) is 126 Å². The van der Waals surface area contributed by atoms with Crippen LogP contribution < -0.4 is 0 Å². The SMILES string of the molecule is c1c[nH]c(C(c2ccc(C(c3ccc[nH]3)c3ccc[nH]3)cc2)c2ccc[nH]2)c1.c1c[nH]c(C(c2ccc(C(c3ccc[nH]3)c3ccc[nH]3)cc2)c2ccc[nH]2)c1. The molecule has 56 heavy (non-hydrogen) atoms. The molecule has 8 heteroatoms. The Bertz CT molecular complexity index is 2030. The molecule has 0 aliphatic carbocycles. The summed E-state index contributed by atoms with van der Waals surface area (Å²) in [6.45, 7) is 0. The van der Waals surface area contributed by atoms with Crippen LogP contribution in [0.5, 0.6) is 0 Å². The summed E-state index contributed by atoms with van der Waals surface area (Å²) >= 11 is 0. The Hall–Kier alpha value is -7.32. The lowest BCUT2D eigenvalue weighted by molar-refractivity contribution is 0.879. The first-order valence-electron chi connectivity index (χ1n) is 19.1. The van der Waals surface area contributed by atoms with E-state index in [-0.39, 0.29) is 23.7 Å². The number of benzene rings is 2. The molecule has 8 nitrogen and oxygen atoms in total. The standard InChI is InChI=1S/2C24H22N4/c2*1-5-19(25-13-1)23(20-6-2-14-26-20)17-9-11-18(12-10-17)24(21-7-3-15-27-21)22-8-4-16-28-22/h2*1-16,23-28H. The summed E-state index contributed by atoms with van der Waals surface area (Å²) < 4.78 is 0. The Morgan fingerprint density at radius 3 is 0.446 bits per heavy atom. The van der Waals surface area contributed by atoms with Gasteiger partial charge >= 0.3 is 0 Å². The minimum absolute atomic E-state index is 0.161. The maximum absolute atomic E-state index is 3.38. The van der Waals surface area contributed by atoms with Gasteiger partial charge in [0.25, 0.3) is 0 Å². The Morgan fingerprint density at radius 1 is 0.196 bits per heavy atom. The molecule has 0 saturated heterocycles. The van der Waals surface area contributed by atoms with Crippen molar-refractivity contribution in [1.82, 2.24) is 39.9 Å². The molecular weight excluding hydrogens is 689 g/mol. The van der Waals surface area contributed by atoms with Crippen LogP contribution in [0.15, 0.2) is 195 Å². The molecule has 2 aromatic carbocycles. The summed E-state index contributed by atoms with van der Waals surface area (Å²) in [6, 6.07) is 51.4. The molecule has 8 N–H and O–H groups in total. The fourth-order valence-corrected chi connectivity index (χ4v) is 8.06. The second-order valence-electron chi connectivity index (χ2n) is 14.1. The van der Waals surface area contributed by atoms with Crippen molar-refractivity contribution in [2.24, 2.45) is 0 Å². The quantitative estimate of drug-likeness (QED) is 0.0609. The predicted molar refractivity (Wildman–Crippen MR) is 223 cm³/mol. The van der Waals surface area contributed by atoms with Gasteiger partial charge < -0.3 is 39.9 Å². The molecule has 0 atom stereocenters. The zero-order valence-electron chi connectivity index (χ0n) is 30.8.